The predicted molar refractivity (Wildman–Crippen MR) is 147 cm³/mol. The number of benzene rings is 3. The van der Waals surface area contributed by atoms with Gasteiger partial charge in [-0.2, -0.15) is 5.26 Å². The van der Waals surface area contributed by atoms with E-state index < -0.39 is 0 Å². The monoisotopic (exact) mass is 489 g/mol. The third-order valence-corrected chi connectivity index (χ3v) is 7.07. The summed E-state index contributed by atoms with van der Waals surface area (Å²) in [6.07, 6.45) is 5.99. The van der Waals surface area contributed by atoms with Gasteiger partial charge in [0.2, 0.25) is 0 Å². The van der Waals surface area contributed by atoms with E-state index in [0.717, 1.165) is 62.4 Å². The molecule has 0 aliphatic carbocycles. The summed E-state index contributed by atoms with van der Waals surface area (Å²) in [7, 11) is 2.01. The molecule has 1 aliphatic rings. The van der Waals surface area contributed by atoms with E-state index in [1.54, 1.807) is 0 Å². The molecule has 6 heteroatoms. The van der Waals surface area contributed by atoms with Gasteiger partial charge in [0.1, 0.15) is 5.82 Å². The van der Waals surface area contributed by atoms with Gasteiger partial charge < -0.3 is 9.47 Å². The van der Waals surface area contributed by atoms with Gasteiger partial charge in [0.15, 0.2) is 0 Å². The number of nitriles is 1. The van der Waals surface area contributed by atoms with E-state index in [4.69, 9.17) is 10.2 Å². The molecular weight excluding hydrogens is 458 g/mol. The molecule has 1 amide bonds. The zero-order valence-corrected chi connectivity index (χ0v) is 21.2. The minimum absolute atomic E-state index is 0.0849. The van der Waals surface area contributed by atoms with Gasteiger partial charge in [0.25, 0.3) is 5.91 Å². The Labute approximate surface area is 218 Å². The molecule has 0 unspecified atom stereocenters. The van der Waals surface area contributed by atoms with Crippen LogP contribution in [-0.2, 0) is 19.9 Å². The molecule has 0 saturated carbocycles. The maximum absolute atomic E-state index is 13.3. The summed E-state index contributed by atoms with van der Waals surface area (Å²) in [5.74, 6) is 1.07. The van der Waals surface area contributed by atoms with Gasteiger partial charge in [-0.1, -0.05) is 54.6 Å². The number of hydrogen-bond donors (Lipinski definition) is 0. The highest BCUT2D eigenvalue weighted by Crippen LogP contribution is 2.20. The summed E-state index contributed by atoms with van der Waals surface area (Å²) in [5, 5.41) is 8.98. The highest BCUT2D eigenvalue weighted by atomic mass is 16.2. The van der Waals surface area contributed by atoms with E-state index in [1.807, 2.05) is 72.6 Å². The summed E-state index contributed by atoms with van der Waals surface area (Å²) in [6.45, 7) is 4.11. The average molecular weight is 490 g/mol. The second-order valence-electron chi connectivity index (χ2n) is 9.51. The Morgan fingerprint density at radius 2 is 1.73 bits per heavy atom. The van der Waals surface area contributed by atoms with Crippen molar-refractivity contribution < 1.29 is 4.79 Å². The third kappa shape index (κ3) is 5.79. The predicted octanol–water partition coefficient (Wildman–Crippen LogP) is 4.70. The molecule has 37 heavy (non-hydrogen) atoms. The van der Waals surface area contributed by atoms with Gasteiger partial charge in [0, 0.05) is 51.8 Å². The van der Waals surface area contributed by atoms with Crippen LogP contribution in [0.25, 0.3) is 17.1 Å². The number of aryl methyl sites for hydroxylation is 3. The number of carbonyl (C=O) groups excluding carboxylic acids is 1. The van der Waals surface area contributed by atoms with Crippen molar-refractivity contribution in [1.82, 2.24) is 19.4 Å². The van der Waals surface area contributed by atoms with Crippen LogP contribution in [0.15, 0.2) is 78.9 Å². The molecule has 0 N–H and O–H groups in total. The Balaban J connectivity index is 1.18. The molecule has 1 aliphatic heterocycles. The molecule has 0 spiro atoms. The number of amides is 1. The normalized spacial score (nSPS) is 14.3. The molecule has 3 aromatic carbocycles. The van der Waals surface area contributed by atoms with Gasteiger partial charge in [-0.05, 0) is 47.9 Å². The second kappa shape index (κ2) is 11.2. The minimum atomic E-state index is 0.0849. The molecule has 0 atom stereocenters. The van der Waals surface area contributed by atoms with Gasteiger partial charge in [-0.15, -0.1) is 0 Å². The van der Waals surface area contributed by atoms with Crippen molar-refractivity contribution in [3.63, 3.8) is 0 Å². The molecule has 2 heterocycles. The van der Waals surface area contributed by atoms with Crippen molar-refractivity contribution >= 4 is 23.0 Å². The Bertz CT molecular complexity index is 1440. The van der Waals surface area contributed by atoms with E-state index in [-0.39, 0.29) is 5.91 Å². The van der Waals surface area contributed by atoms with Crippen LogP contribution < -0.4 is 0 Å². The molecule has 186 valence electrons. The Morgan fingerprint density at radius 3 is 2.46 bits per heavy atom. The van der Waals surface area contributed by atoms with Crippen molar-refractivity contribution in [3.05, 3.63) is 107 Å². The molecule has 0 radical (unpaired) electrons. The standard InChI is InChI=1S/C31H31N5O/c1-34-29-22-27(14-15-28(29)33-30(34)16-13-25-9-11-26(23-32)12-10-25)31(37)36-20-18-35(19-21-36)17-5-8-24-6-3-2-4-7-24/h2-12,14-15,22H,13,16-21H2,1H3/b8-5+. The molecule has 1 saturated heterocycles. The van der Waals surface area contributed by atoms with Gasteiger partial charge in [-0.25, -0.2) is 4.98 Å². The summed E-state index contributed by atoms with van der Waals surface area (Å²) >= 11 is 0. The maximum Gasteiger partial charge on any atom is 0.254 e. The molecular formula is C31H31N5O. The number of aromatic nitrogens is 2. The summed E-state index contributed by atoms with van der Waals surface area (Å²) < 4.78 is 2.09. The van der Waals surface area contributed by atoms with E-state index in [1.165, 1.54) is 11.1 Å². The Hall–Kier alpha value is -4.21. The molecule has 5 rings (SSSR count). The number of rotatable bonds is 7. The summed E-state index contributed by atoms with van der Waals surface area (Å²) in [6, 6.07) is 26.0. The first-order valence-corrected chi connectivity index (χ1v) is 12.8. The lowest BCUT2D eigenvalue weighted by atomic mass is 10.1. The summed E-state index contributed by atoms with van der Waals surface area (Å²) in [5.41, 5.74) is 5.65. The van der Waals surface area contributed by atoms with Crippen molar-refractivity contribution in [2.24, 2.45) is 7.05 Å². The zero-order chi connectivity index (χ0) is 25.6. The topological polar surface area (TPSA) is 65.2 Å². The summed E-state index contributed by atoms with van der Waals surface area (Å²) in [4.78, 5) is 22.4. The smallest absolute Gasteiger partial charge is 0.254 e. The van der Waals surface area contributed by atoms with Gasteiger partial charge in [0.05, 0.1) is 22.7 Å². The van der Waals surface area contributed by atoms with Gasteiger partial charge >= 0.3 is 0 Å². The first kappa shape index (κ1) is 24.5. The first-order valence-electron chi connectivity index (χ1n) is 12.8. The van der Waals surface area contributed by atoms with Crippen LogP contribution in [0.1, 0.15) is 32.9 Å². The highest BCUT2D eigenvalue weighted by molar-refractivity contribution is 5.97. The van der Waals surface area contributed by atoms with Crippen LogP contribution in [0.4, 0.5) is 0 Å². The third-order valence-electron chi connectivity index (χ3n) is 7.07. The fourth-order valence-electron chi connectivity index (χ4n) is 4.82. The van der Waals surface area contributed by atoms with E-state index >= 15 is 0 Å². The fraction of sp³-hybridized carbons (Fsp3) is 0.258. The van der Waals surface area contributed by atoms with Crippen LogP contribution in [0.2, 0.25) is 0 Å². The molecule has 1 fully saturated rings. The number of imidazole rings is 1. The lowest BCUT2D eigenvalue weighted by molar-refractivity contribution is 0.0650. The molecule has 1 aromatic heterocycles. The SMILES string of the molecule is Cn1c(CCc2ccc(C#N)cc2)nc2ccc(C(=O)N3CCN(C/C=C/c4ccccc4)CC3)cc21. The first-order chi connectivity index (χ1) is 18.1. The molecule has 4 aromatic rings. The van der Waals surface area contributed by atoms with Gasteiger partial charge in [-0.3, -0.25) is 9.69 Å². The van der Waals surface area contributed by atoms with Crippen LogP contribution >= 0.6 is 0 Å². The Kier molecular flexibility index (Phi) is 7.43. The van der Waals surface area contributed by atoms with E-state index in [9.17, 15) is 4.79 Å². The minimum Gasteiger partial charge on any atom is -0.336 e. The largest absolute Gasteiger partial charge is 0.336 e. The second-order valence-corrected chi connectivity index (χ2v) is 9.51. The van der Waals surface area contributed by atoms with Crippen LogP contribution in [0.5, 0.6) is 0 Å². The lowest BCUT2D eigenvalue weighted by Gasteiger charge is -2.34. The van der Waals surface area contributed by atoms with Crippen molar-refractivity contribution in [2.75, 3.05) is 32.7 Å². The maximum atomic E-state index is 13.3. The Morgan fingerprint density at radius 1 is 0.973 bits per heavy atom. The fourth-order valence-corrected chi connectivity index (χ4v) is 4.82. The van der Waals surface area contributed by atoms with Crippen LogP contribution in [-0.4, -0.2) is 58.0 Å². The number of hydrogen-bond acceptors (Lipinski definition) is 4. The molecule has 6 nitrogen and oxygen atoms in total. The highest BCUT2D eigenvalue weighted by Gasteiger charge is 2.22. The number of carbonyl (C=O) groups is 1. The van der Waals surface area contributed by atoms with Crippen molar-refractivity contribution in [3.8, 4) is 6.07 Å². The van der Waals surface area contributed by atoms with E-state index in [2.05, 4.69) is 39.8 Å². The average Bonchev–Trinajstić information content (AvgIpc) is 3.27. The quantitative estimate of drug-likeness (QED) is 0.377. The number of fused-ring (bicyclic) bond motifs is 1. The molecule has 0 bridgehead atoms. The lowest BCUT2D eigenvalue weighted by Crippen LogP contribution is -2.48. The van der Waals surface area contributed by atoms with Crippen molar-refractivity contribution in [2.45, 2.75) is 12.8 Å². The number of nitrogens with zero attached hydrogens (tertiary/aromatic N) is 5. The zero-order valence-electron chi connectivity index (χ0n) is 21.2. The van der Waals surface area contributed by atoms with Crippen LogP contribution in [0, 0.1) is 11.3 Å². The van der Waals surface area contributed by atoms with Crippen LogP contribution in [0.3, 0.4) is 0 Å². The van der Waals surface area contributed by atoms with E-state index in [0.29, 0.717) is 11.1 Å². The van der Waals surface area contributed by atoms with Crippen molar-refractivity contribution in [1.29, 1.82) is 5.26 Å². The number of piperazine rings is 1.